The second-order valence-corrected chi connectivity index (χ2v) is 7.19. The molecule has 0 aliphatic heterocycles. The lowest BCUT2D eigenvalue weighted by atomic mass is 9.89. The average molecular weight is 358 g/mol. The van der Waals surface area contributed by atoms with Crippen LogP contribution in [0, 0.1) is 5.92 Å². The fourth-order valence-corrected chi connectivity index (χ4v) is 3.72. The van der Waals surface area contributed by atoms with E-state index in [9.17, 15) is 9.59 Å². The summed E-state index contributed by atoms with van der Waals surface area (Å²) >= 11 is 7.22. The third kappa shape index (κ3) is 5.46. The van der Waals surface area contributed by atoms with Gasteiger partial charge in [-0.1, -0.05) is 44.2 Å². The predicted octanol–water partition coefficient (Wildman–Crippen LogP) is 4.24. The Morgan fingerprint density at radius 3 is 2.74 bits per heavy atom. The van der Waals surface area contributed by atoms with E-state index in [0.29, 0.717) is 29.6 Å². The maximum Gasteiger partial charge on any atom is 0.264 e. The highest BCUT2D eigenvalue weighted by molar-refractivity contribution is 7.09. The topological polar surface area (TPSA) is 71.1 Å². The van der Waals surface area contributed by atoms with Crippen molar-refractivity contribution >= 4 is 40.8 Å². The van der Waals surface area contributed by atoms with Gasteiger partial charge in [0.05, 0.1) is 0 Å². The number of carbonyl (C=O) groups excluding carboxylic acids is 2. The zero-order valence-corrected chi connectivity index (χ0v) is 15.1. The quantitative estimate of drug-likeness (QED) is 0.766. The first kappa shape index (κ1) is 18.2. The van der Waals surface area contributed by atoms with Crippen LogP contribution in [0.1, 0.15) is 68.0 Å². The summed E-state index contributed by atoms with van der Waals surface area (Å²) in [6.07, 6.45) is 8.35. The molecule has 128 valence electrons. The number of nitrogens with zero attached hydrogens (tertiary/aromatic N) is 1. The van der Waals surface area contributed by atoms with E-state index in [1.807, 2.05) is 6.92 Å². The molecule has 0 bridgehead atoms. The lowest BCUT2D eigenvalue weighted by Crippen LogP contribution is -2.29. The highest BCUT2D eigenvalue weighted by Gasteiger charge is 2.21. The van der Waals surface area contributed by atoms with Crippen LogP contribution in [-0.4, -0.2) is 22.7 Å². The Morgan fingerprint density at radius 2 is 2.04 bits per heavy atom. The first-order valence-electron chi connectivity index (χ1n) is 8.35. The summed E-state index contributed by atoms with van der Waals surface area (Å²) in [7, 11) is 0. The number of nitrogens with one attached hydrogen (secondary N) is 2. The van der Waals surface area contributed by atoms with Crippen LogP contribution in [-0.2, 0) is 4.79 Å². The smallest absolute Gasteiger partial charge is 0.264 e. The first-order chi connectivity index (χ1) is 11.1. The van der Waals surface area contributed by atoms with Crippen LogP contribution in [0.25, 0.3) is 0 Å². The van der Waals surface area contributed by atoms with Gasteiger partial charge in [-0.25, -0.2) is 0 Å². The van der Waals surface area contributed by atoms with Gasteiger partial charge in [0.15, 0.2) is 5.82 Å². The molecule has 0 aromatic carbocycles. The number of halogens is 1. The molecule has 2 N–H and O–H groups in total. The minimum Gasteiger partial charge on any atom is -0.351 e. The van der Waals surface area contributed by atoms with Crippen molar-refractivity contribution in [3.8, 4) is 0 Å². The van der Waals surface area contributed by atoms with Gasteiger partial charge in [-0.15, -0.1) is 0 Å². The van der Waals surface area contributed by atoms with Crippen LogP contribution in [0.2, 0.25) is 5.02 Å². The fraction of sp³-hybridized carbons (Fsp3) is 0.688. The molecule has 1 aliphatic carbocycles. The minimum atomic E-state index is -0.202. The highest BCUT2D eigenvalue weighted by Crippen LogP contribution is 2.29. The first-order valence-corrected chi connectivity index (χ1v) is 9.50. The summed E-state index contributed by atoms with van der Waals surface area (Å²) in [5.74, 6) is 0.536. The van der Waals surface area contributed by atoms with Gasteiger partial charge in [-0.3, -0.25) is 9.59 Å². The maximum atomic E-state index is 12.2. The minimum absolute atomic E-state index is 0.117. The van der Waals surface area contributed by atoms with Crippen LogP contribution in [0.5, 0.6) is 0 Å². The molecular formula is C16H24ClN3O2S. The third-order valence-electron chi connectivity index (χ3n) is 4.13. The second-order valence-electron chi connectivity index (χ2n) is 6.04. The van der Waals surface area contributed by atoms with Crippen LogP contribution >= 0.6 is 23.1 Å². The summed E-state index contributed by atoms with van der Waals surface area (Å²) in [5, 5.41) is 5.86. The van der Waals surface area contributed by atoms with Gasteiger partial charge < -0.3 is 10.6 Å². The van der Waals surface area contributed by atoms with Crippen LogP contribution in [0.15, 0.2) is 0 Å². The summed E-state index contributed by atoms with van der Waals surface area (Å²) in [4.78, 5) is 24.3. The number of carbonyl (C=O) groups is 2. The third-order valence-corrected chi connectivity index (χ3v) is 5.46. The van der Waals surface area contributed by atoms with Crippen molar-refractivity contribution in [2.24, 2.45) is 5.92 Å². The van der Waals surface area contributed by atoms with Crippen molar-refractivity contribution in [1.29, 1.82) is 0 Å². The SMILES string of the molecule is CCCCC(=O)Nc1nsc(C(=O)NCC2CCCCC2)c1Cl. The molecule has 0 saturated heterocycles. The fourth-order valence-electron chi connectivity index (χ4n) is 2.74. The number of aromatic nitrogens is 1. The average Bonchev–Trinajstić information content (AvgIpc) is 2.92. The lowest BCUT2D eigenvalue weighted by molar-refractivity contribution is -0.116. The Kier molecular flexibility index (Phi) is 7.30. The number of amides is 2. The van der Waals surface area contributed by atoms with E-state index in [4.69, 9.17) is 11.6 Å². The molecule has 0 unspecified atom stereocenters. The number of unbranched alkanes of at least 4 members (excludes halogenated alkanes) is 1. The van der Waals surface area contributed by atoms with Gasteiger partial charge in [0.1, 0.15) is 9.90 Å². The van der Waals surface area contributed by atoms with Crippen LogP contribution in [0.4, 0.5) is 5.82 Å². The van der Waals surface area contributed by atoms with E-state index in [1.54, 1.807) is 0 Å². The van der Waals surface area contributed by atoms with E-state index >= 15 is 0 Å². The van der Waals surface area contributed by atoms with Crippen molar-refractivity contribution in [3.05, 3.63) is 9.90 Å². The molecule has 1 aliphatic rings. The Balaban J connectivity index is 1.87. The molecule has 1 fully saturated rings. The standard InChI is InChI=1S/C16H24ClN3O2S/c1-2-3-9-12(21)19-15-13(17)14(23-20-15)16(22)18-10-11-7-5-4-6-8-11/h11H,2-10H2,1H3,(H,18,22)(H,19,20,21). The molecule has 0 atom stereocenters. The van der Waals surface area contributed by atoms with Gasteiger partial charge in [0, 0.05) is 13.0 Å². The molecule has 0 radical (unpaired) electrons. The van der Waals surface area contributed by atoms with Crippen molar-refractivity contribution in [3.63, 3.8) is 0 Å². The van der Waals surface area contributed by atoms with Gasteiger partial charge in [0.25, 0.3) is 5.91 Å². The molecular weight excluding hydrogens is 334 g/mol. The van der Waals surface area contributed by atoms with Crippen molar-refractivity contribution in [2.75, 3.05) is 11.9 Å². The second kappa shape index (κ2) is 9.23. The van der Waals surface area contributed by atoms with Crippen molar-refractivity contribution in [1.82, 2.24) is 9.69 Å². The van der Waals surface area contributed by atoms with Gasteiger partial charge >= 0.3 is 0 Å². The Hall–Kier alpha value is -1.14. The van der Waals surface area contributed by atoms with Crippen LogP contribution in [0.3, 0.4) is 0 Å². The van der Waals surface area contributed by atoms with E-state index in [2.05, 4.69) is 15.0 Å². The van der Waals surface area contributed by atoms with Gasteiger partial charge in [-0.05, 0) is 36.7 Å². The molecule has 2 rings (SSSR count). The number of hydrogen-bond acceptors (Lipinski definition) is 4. The van der Waals surface area contributed by atoms with Gasteiger partial charge in [0.2, 0.25) is 5.91 Å². The van der Waals surface area contributed by atoms with E-state index in [0.717, 1.165) is 24.4 Å². The van der Waals surface area contributed by atoms with E-state index < -0.39 is 0 Å². The molecule has 2 amide bonds. The van der Waals surface area contributed by atoms with Gasteiger partial charge in [-0.2, -0.15) is 4.37 Å². The Morgan fingerprint density at radius 1 is 1.30 bits per heavy atom. The number of anilines is 1. The summed E-state index contributed by atoms with van der Waals surface area (Å²) in [6.45, 7) is 2.71. The van der Waals surface area contributed by atoms with E-state index in [1.165, 1.54) is 32.1 Å². The molecule has 1 heterocycles. The Bertz CT molecular complexity index is 541. The molecule has 5 nitrogen and oxygen atoms in total. The van der Waals surface area contributed by atoms with Crippen molar-refractivity contribution < 1.29 is 9.59 Å². The molecule has 1 aromatic rings. The zero-order chi connectivity index (χ0) is 16.7. The summed E-state index contributed by atoms with van der Waals surface area (Å²) in [6, 6.07) is 0. The lowest BCUT2D eigenvalue weighted by Gasteiger charge is -2.21. The Labute approximate surface area is 146 Å². The number of rotatable bonds is 7. The molecule has 1 aromatic heterocycles. The molecule has 1 saturated carbocycles. The normalized spacial score (nSPS) is 15.4. The largest absolute Gasteiger partial charge is 0.351 e. The van der Waals surface area contributed by atoms with Crippen molar-refractivity contribution in [2.45, 2.75) is 58.3 Å². The molecule has 7 heteroatoms. The zero-order valence-electron chi connectivity index (χ0n) is 13.5. The monoisotopic (exact) mass is 357 g/mol. The molecule has 23 heavy (non-hydrogen) atoms. The number of hydrogen-bond donors (Lipinski definition) is 2. The van der Waals surface area contributed by atoms with Crippen LogP contribution < -0.4 is 10.6 Å². The molecule has 0 spiro atoms. The predicted molar refractivity (Wildman–Crippen MR) is 94.2 cm³/mol. The summed E-state index contributed by atoms with van der Waals surface area (Å²) in [5.41, 5.74) is 0. The van der Waals surface area contributed by atoms with E-state index in [-0.39, 0.29) is 16.8 Å². The highest BCUT2D eigenvalue weighted by atomic mass is 35.5. The summed E-state index contributed by atoms with van der Waals surface area (Å²) < 4.78 is 4.10. The maximum absolute atomic E-state index is 12.2.